The Morgan fingerprint density at radius 2 is 0.778 bits per heavy atom. The molecule has 2 radical (unpaired) electrons. The maximum absolute atomic E-state index is 9.10. The first-order valence-electron chi connectivity index (χ1n) is 11.2. The zero-order chi connectivity index (χ0) is 20.6. The van der Waals surface area contributed by atoms with Crippen molar-refractivity contribution in [3.05, 3.63) is 0 Å². The summed E-state index contributed by atoms with van der Waals surface area (Å²) in [6, 6.07) is 0. The van der Waals surface area contributed by atoms with Crippen LogP contribution in [-0.2, 0) is 9.59 Å². The van der Waals surface area contributed by atoms with Crippen molar-refractivity contribution in [3.63, 3.8) is 0 Å². The zero-order valence-electron chi connectivity index (χ0n) is 17.9. The van der Waals surface area contributed by atoms with Gasteiger partial charge in [0.2, 0.25) is 0 Å². The van der Waals surface area contributed by atoms with Gasteiger partial charge in [-0.25, -0.2) is 9.59 Å². The van der Waals surface area contributed by atoms with Gasteiger partial charge < -0.3 is 10.2 Å². The van der Waals surface area contributed by atoms with Gasteiger partial charge in [-0.1, -0.05) is 0 Å². The van der Waals surface area contributed by atoms with Crippen molar-refractivity contribution in [1.29, 1.82) is 0 Å². The van der Waals surface area contributed by atoms with Crippen LogP contribution in [0.3, 0.4) is 0 Å². The molecule has 160 valence electrons. The van der Waals surface area contributed by atoms with Crippen molar-refractivity contribution in [2.24, 2.45) is 0 Å². The number of hydrogen-bond acceptors (Lipinski definition) is 2. The Kier molecular flexibility index (Phi) is 27.6. The van der Waals surface area contributed by atoms with E-state index >= 15 is 0 Å². The van der Waals surface area contributed by atoms with Crippen LogP contribution in [0.15, 0.2) is 0 Å². The van der Waals surface area contributed by atoms with Gasteiger partial charge in [0.1, 0.15) is 0 Å². The summed E-state index contributed by atoms with van der Waals surface area (Å²) in [5.74, 6) is -3.65. The summed E-state index contributed by atoms with van der Waals surface area (Å²) in [4.78, 5) is 18.2. The molecule has 0 heterocycles. The van der Waals surface area contributed by atoms with Crippen LogP contribution in [0.1, 0.15) is 117 Å². The molecule has 27 heavy (non-hydrogen) atoms. The quantitative estimate of drug-likeness (QED) is 0.123. The summed E-state index contributed by atoms with van der Waals surface area (Å²) >= 11 is 0.0528. The molecule has 0 spiro atoms. The summed E-state index contributed by atoms with van der Waals surface area (Å²) in [5, 5.41) is 14.8. The molecule has 2 N–H and O–H groups in total. The zero-order valence-corrected chi connectivity index (χ0v) is 20.8. The molecule has 0 amide bonds. The van der Waals surface area contributed by atoms with Crippen molar-refractivity contribution in [1.82, 2.24) is 0 Å². The molecule has 0 bridgehead atoms. The molecular formula is C22H44O4Sn. The van der Waals surface area contributed by atoms with Gasteiger partial charge in [0.15, 0.2) is 0 Å². The average Bonchev–Trinajstić information content (AvgIpc) is 2.64. The molecule has 0 aliphatic heterocycles. The Morgan fingerprint density at radius 1 is 0.519 bits per heavy atom. The van der Waals surface area contributed by atoms with Crippen molar-refractivity contribution >= 4 is 33.1 Å². The molecule has 4 nitrogen and oxygen atoms in total. The van der Waals surface area contributed by atoms with Gasteiger partial charge in [-0.05, 0) is 0 Å². The van der Waals surface area contributed by atoms with Crippen molar-refractivity contribution in [3.8, 4) is 0 Å². The molecule has 0 atom stereocenters. The first kappa shape index (κ1) is 28.9. The van der Waals surface area contributed by atoms with Gasteiger partial charge in [0, 0.05) is 0 Å². The van der Waals surface area contributed by atoms with E-state index in [1.165, 1.54) is 89.9 Å². The minimum Gasteiger partial charge on any atom is -0.473 e. The van der Waals surface area contributed by atoms with Gasteiger partial charge in [-0.3, -0.25) is 0 Å². The molecular weight excluding hydrogens is 447 g/mol. The van der Waals surface area contributed by atoms with Crippen LogP contribution in [0.2, 0.25) is 8.87 Å². The van der Waals surface area contributed by atoms with E-state index in [1.807, 2.05) is 0 Å². The predicted octanol–water partition coefficient (Wildman–Crippen LogP) is 6.96. The largest absolute Gasteiger partial charge is 0.473 e. The Morgan fingerprint density at radius 3 is 1.04 bits per heavy atom. The Bertz CT molecular complexity index is 291. The van der Waals surface area contributed by atoms with Crippen LogP contribution >= 0.6 is 0 Å². The van der Waals surface area contributed by atoms with E-state index < -0.39 is 11.9 Å². The van der Waals surface area contributed by atoms with E-state index in [0.29, 0.717) is 0 Å². The van der Waals surface area contributed by atoms with Crippen molar-refractivity contribution in [2.45, 2.75) is 125 Å². The average molecular weight is 491 g/mol. The molecule has 0 rings (SSSR count). The summed E-state index contributed by atoms with van der Waals surface area (Å²) in [6.45, 7) is 4.61. The van der Waals surface area contributed by atoms with E-state index in [-0.39, 0.29) is 21.1 Å². The number of unbranched alkanes of at least 4 members (excludes halogenated alkanes) is 14. The van der Waals surface area contributed by atoms with E-state index in [4.69, 9.17) is 19.8 Å². The third kappa shape index (κ3) is 30.7. The van der Waals surface area contributed by atoms with Crippen molar-refractivity contribution in [2.75, 3.05) is 0 Å². The SMILES string of the molecule is CCCCCCCCC[CH2][Sn][CH2]CCCCCCCCC.O=C(O)C(=O)O. The van der Waals surface area contributed by atoms with Crippen LogP contribution in [0, 0.1) is 0 Å². The first-order valence-corrected chi connectivity index (χ1v) is 15.3. The summed E-state index contributed by atoms with van der Waals surface area (Å²) in [6.07, 6.45) is 23.8. The molecule has 0 aromatic heterocycles. The number of carboxylic acids is 2. The van der Waals surface area contributed by atoms with Crippen LogP contribution in [0.4, 0.5) is 0 Å². The Hall–Kier alpha value is -0.261. The standard InChI is InChI=1S/2C10H21.C2H2O4.Sn/c2*1-3-5-7-9-10-8-6-4-2;3-1(4)2(5)6;/h2*1,3-10H2,2H3;(H,3,4)(H,5,6);. The fourth-order valence-corrected chi connectivity index (χ4v) is 6.46. The van der Waals surface area contributed by atoms with E-state index in [0.717, 1.165) is 0 Å². The van der Waals surface area contributed by atoms with Crippen LogP contribution in [-0.4, -0.2) is 43.3 Å². The summed E-state index contributed by atoms with van der Waals surface area (Å²) < 4.78 is 3.32. The van der Waals surface area contributed by atoms with Crippen LogP contribution in [0.5, 0.6) is 0 Å². The van der Waals surface area contributed by atoms with E-state index in [1.54, 1.807) is 21.7 Å². The predicted molar refractivity (Wildman–Crippen MR) is 116 cm³/mol. The fraction of sp³-hybridized carbons (Fsp3) is 0.909. The second-order valence-electron chi connectivity index (χ2n) is 7.31. The van der Waals surface area contributed by atoms with Crippen molar-refractivity contribution < 1.29 is 19.8 Å². The summed E-state index contributed by atoms with van der Waals surface area (Å²) in [5.41, 5.74) is 0. The van der Waals surface area contributed by atoms with E-state index in [2.05, 4.69) is 13.8 Å². The molecule has 5 heteroatoms. The maximum Gasteiger partial charge on any atom is 0.414 e. The van der Waals surface area contributed by atoms with Crippen LogP contribution < -0.4 is 0 Å². The fourth-order valence-electron chi connectivity index (χ4n) is 2.89. The minimum absolute atomic E-state index is 0.0528. The maximum atomic E-state index is 9.10. The Balaban J connectivity index is 0. The first-order chi connectivity index (χ1) is 13.1. The number of aliphatic carboxylic acids is 2. The topological polar surface area (TPSA) is 74.6 Å². The molecule has 0 saturated heterocycles. The normalized spacial score (nSPS) is 10.3. The molecule has 0 fully saturated rings. The number of carbonyl (C=O) groups is 2. The molecule has 0 aliphatic carbocycles. The Labute approximate surface area is 178 Å². The minimum atomic E-state index is -1.82. The summed E-state index contributed by atoms with van der Waals surface area (Å²) in [7, 11) is 0. The number of rotatable bonds is 18. The smallest absolute Gasteiger partial charge is 0.414 e. The second kappa shape index (κ2) is 25.7. The van der Waals surface area contributed by atoms with Gasteiger partial charge in [0.05, 0.1) is 0 Å². The monoisotopic (exact) mass is 492 g/mol. The number of hydrogen-bond donors (Lipinski definition) is 2. The third-order valence-corrected chi connectivity index (χ3v) is 8.63. The van der Waals surface area contributed by atoms with Crippen LogP contribution in [0.25, 0.3) is 0 Å². The van der Waals surface area contributed by atoms with Gasteiger partial charge >= 0.3 is 159 Å². The third-order valence-electron chi connectivity index (χ3n) is 4.60. The van der Waals surface area contributed by atoms with Gasteiger partial charge in [-0.2, -0.15) is 0 Å². The number of carboxylic acid groups (broad SMARTS) is 2. The molecule has 0 aliphatic rings. The molecule has 0 unspecified atom stereocenters. The van der Waals surface area contributed by atoms with Gasteiger partial charge in [-0.15, -0.1) is 0 Å². The second-order valence-corrected chi connectivity index (χ2v) is 11.6. The van der Waals surface area contributed by atoms with E-state index in [9.17, 15) is 0 Å². The molecule has 0 aromatic rings. The molecule has 0 saturated carbocycles. The van der Waals surface area contributed by atoms with Gasteiger partial charge in [0.25, 0.3) is 0 Å². The molecule has 0 aromatic carbocycles.